The van der Waals surface area contributed by atoms with E-state index < -0.39 is 5.60 Å². The first kappa shape index (κ1) is 20.4. The fraction of sp³-hybridized carbons (Fsp3) is 0.762. The number of nitrogens with one attached hydrogen (secondary N) is 1. The van der Waals surface area contributed by atoms with E-state index in [0.717, 1.165) is 6.42 Å². The number of ether oxygens (including phenoxy) is 1. The molecule has 2 saturated carbocycles. The highest BCUT2D eigenvalue weighted by Gasteiger charge is 2.45. The zero-order valence-electron chi connectivity index (χ0n) is 16.5. The zero-order valence-corrected chi connectivity index (χ0v) is 16.5. The third-order valence-corrected chi connectivity index (χ3v) is 6.42. The quantitative estimate of drug-likeness (QED) is 0.561. The largest absolute Gasteiger partial charge is 0.444 e. The Hall–Kier alpha value is -1.37. The predicted octanol–water partition coefficient (Wildman–Crippen LogP) is 1.82. The second-order valence-electron chi connectivity index (χ2n) is 9.34. The molecule has 4 rings (SSSR count). The Morgan fingerprint density at radius 3 is 2.00 bits per heavy atom. The molecule has 8 unspecified atom stereocenters. The summed E-state index contributed by atoms with van der Waals surface area (Å²) in [6.45, 7) is 5.91. The van der Waals surface area contributed by atoms with Gasteiger partial charge in [-0.05, 0) is 57.3 Å². The molecular formula is C21H34N2O4. The van der Waals surface area contributed by atoms with E-state index >= 15 is 0 Å². The van der Waals surface area contributed by atoms with Gasteiger partial charge in [-0.1, -0.05) is 24.3 Å². The van der Waals surface area contributed by atoms with Crippen LogP contribution in [0.4, 0.5) is 4.79 Å². The minimum absolute atomic E-state index is 0.0184. The van der Waals surface area contributed by atoms with Crippen molar-refractivity contribution in [3.05, 3.63) is 24.3 Å². The summed E-state index contributed by atoms with van der Waals surface area (Å²) < 4.78 is 5.24. The van der Waals surface area contributed by atoms with Crippen LogP contribution in [-0.4, -0.2) is 47.2 Å². The maximum atomic E-state index is 11.7. The van der Waals surface area contributed by atoms with Crippen LogP contribution in [0.1, 0.15) is 33.6 Å². The van der Waals surface area contributed by atoms with Crippen molar-refractivity contribution in [3.63, 3.8) is 0 Å². The molecule has 4 bridgehead atoms. The topological polar surface area (TPSA) is 105 Å². The smallest absolute Gasteiger partial charge is 0.407 e. The lowest BCUT2D eigenvalue weighted by molar-refractivity contribution is 0.0465. The van der Waals surface area contributed by atoms with Crippen LogP contribution in [0.3, 0.4) is 0 Å². The summed E-state index contributed by atoms with van der Waals surface area (Å²) in [4.78, 5) is 11.7. The van der Waals surface area contributed by atoms with Crippen LogP contribution in [0.2, 0.25) is 0 Å². The molecule has 0 heterocycles. The molecule has 0 spiro atoms. The van der Waals surface area contributed by atoms with Crippen LogP contribution in [0.15, 0.2) is 24.3 Å². The average molecular weight is 379 g/mol. The van der Waals surface area contributed by atoms with Gasteiger partial charge in [0.1, 0.15) is 5.60 Å². The summed E-state index contributed by atoms with van der Waals surface area (Å²) in [6, 6.07) is 0.241. The molecule has 0 aromatic carbocycles. The number of carbonyl (C=O) groups excluding carboxylic acids is 1. The number of amides is 1. The van der Waals surface area contributed by atoms with Gasteiger partial charge in [-0.25, -0.2) is 4.79 Å². The third kappa shape index (κ3) is 4.39. The molecule has 0 aliphatic heterocycles. The highest BCUT2D eigenvalue weighted by molar-refractivity contribution is 5.68. The first-order valence-electron chi connectivity index (χ1n) is 10.1. The lowest BCUT2D eigenvalue weighted by Gasteiger charge is -2.29. The lowest BCUT2D eigenvalue weighted by atomic mass is 9.90. The number of aliphatic hydroxyl groups is 2. The molecule has 4 aliphatic rings. The monoisotopic (exact) mass is 378 g/mol. The van der Waals surface area contributed by atoms with Crippen molar-refractivity contribution in [2.24, 2.45) is 41.2 Å². The summed E-state index contributed by atoms with van der Waals surface area (Å²) in [5.41, 5.74) is 5.38. The fourth-order valence-electron chi connectivity index (χ4n) is 5.05. The molecular weight excluding hydrogens is 344 g/mol. The SMILES string of the molecule is CC(C)(C)OC(=O)NC1C2C=CC(C2)C1CO.NC1C2C=CC(C2)C1CO. The van der Waals surface area contributed by atoms with Crippen LogP contribution in [0.5, 0.6) is 0 Å². The van der Waals surface area contributed by atoms with Crippen molar-refractivity contribution in [1.29, 1.82) is 0 Å². The average Bonchev–Trinajstić information content (AvgIpc) is 3.34. The minimum Gasteiger partial charge on any atom is -0.444 e. The van der Waals surface area contributed by atoms with Crippen LogP contribution in [0, 0.1) is 35.5 Å². The number of fused-ring (bicyclic) bond motifs is 4. The summed E-state index contributed by atoms with van der Waals surface area (Å²) in [5.74, 6) is 2.37. The Bertz CT molecular complexity index is 597. The Morgan fingerprint density at radius 2 is 1.52 bits per heavy atom. The second kappa shape index (κ2) is 7.94. The number of rotatable bonds is 3. The van der Waals surface area contributed by atoms with Gasteiger partial charge in [0.05, 0.1) is 0 Å². The van der Waals surface area contributed by atoms with E-state index in [1.54, 1.807) is 0 Å². The maximum absolute atomic E-state index is 11.7. The van der Waals surface area contributed by atoms with E-state index in [0.29, 0.717) is 29.6 Å². The lowest BCUT2D eigenvalue weighted by Crippen LogP contribution is -2.46. The standard InChI is InChI=1S/C13H21NO3.C8H13NO/c1-13(2,3)17-12(16)14-11-9-5-4-8(6-9)10(11)7-15;9-8-6-2-1-5(3-6)7(8)4-10/h4-5,8-11,15H,6-7H2,1-3H3,(H,14,16);1-2,5-8,10H,3-4,9H2. The number of carbonyl (C=O) groups is 1. The van der Waals surface area contributed by atoms with Gasteiger partial charge in [-0.2, -0.15) is 0 Å². The van der Waals surface area contributed by atoms with Crippen LogP contribution < -0.4 is 11.1 Å². The number of aliphatic hydroxyl groups excluding tert-OH is 2. The van der Waals surface area contributed by atoms with Crippen LogP contribution >= 0.6 is 0 Å². The minimum atomic E-state index is -0.480. The van der Waals surface area contributed by atoms with E-state index in [4.69, 9.17) is 15.6 Å². The van der Waals surface area contributed by atoms with E-state index in [1.165, 1.54) is 6.42 Å². The van der Waals surface area contributed by atoms with E-state index in [2.05, 4.69) is 29.6 Å². The number of hydrogen-bond acceptors (Lipinski definition) is 5. The molecule has 6 heteroatoms. The number of nitrogens with two attached hydrogens (primary N) is 1. The summed E-state index contributed by atoms with van der Waals surface area (Å²) in [6.07, 6.45) is 10.5. The Morgan fingerprint density at radius 1 is 1.00 bits per heavy atom. The molecule has 8 atom stereocenters. The normalized spacial score (nSPS) is 40.8. The zero-order chi connectivity index (χ0) is 19.8. The van der Waals surface area contributed by atoms with Crippen LogP contribution in [0.25, 0.3) is 0 Å². The number of alkyl carbamates (subject to hydrolysis) is 1. The molecule has 5 N–H and O–H groups in total. The van der Waals surface area contributed by atoms with Gasteiger partial charge in [0, 0.05) is 37.1 Å². The van der Waals surface area contributed by atoms with Crippen molar-refractivity contribution in [3.8, 4) is 0 Å². The summed E-state index contributed by atoms with van der Waals surface area (Å²) in [5, 5.41) is 21.2. The number of allylic oxidation sites excluding steroid dienone is 2. The molecule has 0 aromatic rings. The fourth-order valence-corrected chi connectivity index (χ4v) is 5.05. The molecule has 0 saturated heterocycles. The van der Waals surface area contributed by atoms with Crippen molar-refractivity contribution < 1.29 is 19.7 Å². The molecule has 2 fully saturated rings. The van der Waals surface area contributed by atoms with E-state index in [-0.39, 0.29) is 37.3 Å². The van der Waals surface area contributed by atoms with E-state index in [1.807, 2.05) is 20.8 Å². The Labute approximate surface area is 161 Å². The van der Waals surface area contributed by atoms with Gasteiger partial charge in [0.2, 0.25) is 0 Å². The molecule has 0 aromatic heterocycles. The number of hydrogen-bond donors (Lipinski definition) is 4. The molecule has 0 radical (unpaired) electrons. The Balaban J connectivity index is 0.000000177. The van der Waals surface area contributed by atoms with Crippen molar-refractivity contribution >= 4 is 6.09 Å². The molecule has 1 amide bonds. The van der Waals surface area contributed by atoms with Gasteiger partial charge in [-0.15, -0.1) is 0 Å². The molecule has 4 aliphatic carbocycles. The highest BCUT2D eigenvalue weighted by atomic mass is 16.6. The van der Waals surface area contributed by atoms with Gasteiger partial charge in [-0.3, -0.25) is 0 Å². The molecule has 27 heavy (non-hydrogen) atoms. The second-order valence-corrected chi connectivity index (χ2v) is 9.34. The van der Waals surface area contributed by atoms with Gasteiger partial charge in [0.25, 0.3) is 0 Å². The maximum Gasteiger partial charge on any atom is 0.407 e. The molecule has 152 valence electrons. The first-order valence-corrected chi connectivity index (χ1v) is 10.1. The van der Waals surface area contributed by atoms with Gasteiger partial charge < -0.3 is 26.0 Å². The third-order valence-electron chi connectivity index (χ3n) is 6.42. The van der Waals surface area contributed by atoms with Crippen LogP contribution in [-0.2, 0) is 4.74 Å². The predicted molar refractivity (Wildman–Crippen MR) is 104 cm³/mol. The molecule has 6 nitrogen and oxygen atoms in total. The van der Waals surface area contributed by atoms with Crippen molar-refractivity contribution in [2.45, 2.75) is 51.3 Å². The van der Waals surface area contributed by atoms with Gasteiger partial charge >= 0.3 is 6.09 Å². The highest BCUT2D eigenvalue weighted by Crippen LogP contribution is 2.43. The van der Waals surface area contributed by atoms with E-state index in [9.17, 15) is 9.90 Å². The van der Waals surface area contributed by atoms with Crippen molar-refractivity contribution in [1.82, 2.24) is 5.32 Å². The summed E-state index contributed by atoms with van der Waals surface area (Å²) >= 11 is 0. The first-order chi connectivity index (χ1) is 12.7. The summed E-state index contributed by atoms with van der Waals surface area (Å²) in [7, 11) is 0. The Kier molecular flexibility index (Phi) is 5.99. The van der Waals surface area contributed by atoms with Gasteiger partial charge in [0.15, 0.2) is 0 Å². The van der Waals surface area contributed by atoms with Crippen molar-refractivity contribution in [2.75, 3.05) is 13.2 Å².